The van der Waals surface area contributed by atoms with E-state index in [0.29, 0.717) is 31.2 Å². The highest BCUT2D eigenvalue weighted by Gasteiger charge is 2.29. The zero-order chi connectivity index (χ0) is 15.6. The Morgan fingerprint density at radius 3 is 2.48 bits per heavy atom. The zero-order valence-electron chi connectivity index (χ0n) is 11.7. The van der Waals surface area contributed by atoms with Crippen LogP contribution in [0.25, 0.3) is 0 Å². The van der Waals surface area contributed by atoms with Gasteiger partial charge < -0.3 is 5.11 Å². The summed E-state index contributed by atoms with van der Waals surface area (Å²) < 4.78 is 40.4. The first-order valence-corrected chi connectivity index (χ1v) is 8.29. The first kappa shape index (κ1) is 15.9. The van der Waals surface area contributed by atoms with Crippen LogP contribution in [0.4, 0.5) is 4.39 Å². The van der Waals surface area contributed by atoms with E-state index in [1.807, 2.05) is 0 Å². The van der Waals surface area contributed by atoms with Crippen molar-refractivity contribution >= 4 is 16.0 Å². The molecule has 1 aromatic rings. The van der Waals surface area contributed by atoms with Crippen LogP contribution < -0.4 is 4.72 Å². The number of hydrogen-bond acceptors (Lipinski definition) is 3. The van der Waals surface area contributed by atoms with Gasteiger partial charge in [-0.05, 0) is 50.3 Å². The molecule has 0 bridgehead atoms. The number of sulfonamides is 1. The summed E-state index contributed by atoms with van der Waals surface area (Å²) in [7, 11) is -3.79. The predicted molar refractivity (Wildman–Crippen MR) is 74.8 cm³/mol. The van der Waals surface area contributed by atoms with Gasteiger partial charge in [-0.15, -0.1) is 0 Å². The molecule has 7 heteroatoms. The third-order valence-electron chi connectivity index (χ3n) is 3.84. The summed E-state index contributed by atoms with van der Waals surface area (Å²) in [5, 5.41) is 8.92. The summed E-state index contributed by atoms with van der Waals surface area (Å²) in [4.78, 5) is 10.8. The van der Waals surface area contributed by atoms with E-state index in [1.54, 1.807) is 6.92 Å². The van der Waals surface area contributed by atoms with Crippen molar-refractivity contribution in [3.63, 3.8) is 0 Å². The van der Waals surface area contributed by atoms with Crippen molar-refractivity contribution in [2.45, 2.75) is 43.5 Å². The fourth-order valence-electron chi connectivity index (χ4n) is 2.60. The Kier molecular flexibility index (Phi) is 4.63. The number of nitrogens with one attached hydrogen (secondary N) is 1. The monoisotopic (exact) mass is 315 g/mol. The van der Waals surface area contributed by atoms with Gasteiger partial charge in [-0.25, -0.2) is 17.5 Å². The number of carboxylic acid groups (broad SMARTS) is 1. The second-order valence-electron chi connectivity index (χ2n) is 5.42. The molecule has 0 amide bonds. The molecular weight excluding hydrogens is 297 g/mol. The van der Waals surface area contributed by atoms with E-state index in [4.69, 9.17) is 5.11 Å². The SMILES string of the molecule is Cc1ccc(F)cc1S(=O)(=O)NC1CCC(C(=O)O)CC1. The molecule has 1 aromatic carbocycles. The molecule has 0 saturated heterocycles. The van der Waals surface area contributed by atoms with Crippen LogP contribution >= 0.6 is 0 Å². The zero-order valence-corrected chi connectivity index (χ0v) is 12.5. The van der Waals surface area contributed by atoms with E-state index in [2.05, 4.69) is 4.72 Å². The lowest BCUT2D eigenvalue weighted by Crippen LogP contribution is -2.38. The van der Waals surface area contributed by atoms with E-state index in [9.17, 15) is 17.6 Å². The van der Waals surface area contributed by atoms with Crippen LogP contribution in [-0.4, -0.2) is 25.5 Å². The molecule has 0 atom stereocenters. The lowest BCUT2D eigenvalue weighted by atomic mass is 9.87. The van der Waals surface area contributed by atoms with Gasteiger partial charge in [0.05, 0.1) is 10.8 Å². The van der Waals surface area contributed by atoms with E-state index >= 15 is 0 Å². The number of aryl methyl sites for hydroxylation is 1. The Balaban J connectivity index is 2.09. The molecule has 1 aliphatic rings. The van der Waals surface area contributed by atoms with Crippen LogP contribution in [0.5, 0.6) is 0 Å². The molecule has 0 aliphatic heterocycles. The van der Waals surface area contributed by atoms with Gasteiger partial charge in [0.2, 0.25) is 10.0 Å². The maximum atomic E-state index is 13.2. The van der Waals surface area contributed by atoms with Crippen molar-refractivity contribution in [2.24, 2.45) is 5.92 Å². The van der Waals surface area contributed by atoms with Gasteiger partial charge in [-0.3, -0.25) is 4.79 Å². The van der Waals surface area contributed by atoms with Gasteiger partial charge in [0.15, 0.2) is 0 Å². The first-order valence-electron chi connectivity index (χ1n) is 6.81. The van der Waals surface area contributed by atoms with Crippen LogP contribution in [-0.2, 0) is 14.8 Å². The number of aliphatic carboxylic acids is 1. The summed E-state index contributed by atoms with van der Waals surface area (Å²) in [6.45, 7) is 1.61. The molecule has 1 saturated carbocycles. The minimum atomic E-state index is -3.79. The predicted octanol–water partition coefficient (Wildman–Crippen LogP) is 2.06. The molecule has 116 valence electrons. The average molecular weight is 315 g/mol. The quantitative estimate of drug-likeness (QED) is 0.891. The molecule has 2 rings (SSSR count). The lowest BCUT2D eigenvalue weighted by molar-refractivity contribution is -0.142. The fraction of sp³-hybridized carbons (Fsp3) is 0.500. The molecule has 0 radical (unpaired) electrons. The van der Waals surface area contributed by atoms with E-state index in [-0.39, 0.29) is 10.9 Å². The van der Waals surface area contributed by atoms with Crippen LogP contribution in [0, 0.1) is 18.7 Å². The second-order valence-corrected chi connectivity index (χ2v) is 7.10. The topological polar surface area (TPSA) is 83.5 Å². The van der Waals surface area contributed by atoms with Gasteiger partial charge in [0.25, 0.3) is 0 Å². The van der Waals surface area contributed by atoms with Gasteiger partial charge in [0.1, 0.15) is 5.82 Å². The largest absolute Gasteiger partial charge is 0.481 e. The Morgan fingerprint density at radius 1 is 1.29 bits per heavy atom. The number of halogens is 1. The molecule has 0 aromatic heterocycles. The highest BCUT2D eigenvalue weighted by Crippen LogP contribution is 2.26. The first-order chi connectivity index (χ1) is 9.79. The third-order valence-corrected chi connectivity index (χ3v) is 5.50. The minimum Gasteiger partial charge on any atom is -0.481 e. The lowest BCUT2D eigenvalue weighted by Gasteiger charge is -2.26. The van der Waals surface area contributed by atoms with Gasteiger partial charge in [0, 0.05) is 6.04 Å². The van der Waals surface area contributed by atoms with Crippen molar-refractivity contribution < 1.29 is 22.7 Å². The van der Waals surface area contributed by atoms with Crippen LogP contribution in [0.3, 0.4) is 0 Å². The summed E-state index contributed by atoms with van der Waals surface area (Å²) in [5.74, 6) is -1.84. The van der Waals surface area contributed by atoms with Crippen molar-refractivity contribution in [2.75, 3.05) is 0 Å². The van der Waals surface area contributed by atoms with Crippen molar-refractivity contribution in [1.29, 1.82) is 0 Å². The molecule has 0 heterocycles. The van der Waals surface area contributed by atoms with Crippen molar-refractivity contribution in [3.8, 4) is 0 Å². The van der Waals surface area contributed by atoms with E-state index in [1.165, 1.54) is 12.1 Å². The Hall–Kier alpha value is -1.47. The number of carbonyl (C=O) groups is 1. The van der Waals surface area contributed by atoms with Crippen molar-refractivity contribution in [1.82, 2.24) is 4.72 Å². The summed E-state index contributed by atoms with van der Waals surface area (Å²) in [5.41, 5.74) is 0.475. The maximum absolute atomic E-state index is 13.2. The van der Waals surface area contributed by atoms with Gasteiger partial charge in [-0.1, -0.05) is 6.07 Å². The smallest absolute Gasteiger partial charge is 0.306 e. The highest BCUT2D eigenvalue weighted by molar-refractivity contribution is 7.89. The van der Waals surface area contributed by atoms with Crippen LogP contribution in [0.2, 0.25) is 0 Å². The molecule has 21 heavy (non-hydrogen) atoms. The third kappa shape index (κ3) is 3.79. The average Bonchev–Trinajstić information content (AvgIpc) is 2.41. The molecule has 0 spiro atoms. The van der Waals surface area contributed by atoms with Crippen LogP contribution in [0.15, 0.2) is 23.1 Å². The maximum Gasteiger partial charge on any atom is 0.306 e. The Morgan fingerprint density at radius 2 is 1.90 bits per heavy atom. The summed E-state index contributed by atoms with van der Waals surface area (Å²) >= 11 is 0. The summed E-state index contributed by atoms with van der Waals surface area (Å²) in [6.07, 6.45) is 1.85. The normalized spacial score (nSPS) is 23.0. The molecule has 5 nitrogen and oxygen atoms in total. The molecule has 1 fully saturated rings. The Bertz CT molecular complexity index is 636. The number of hydrogen-bond donors (Lipinski definition) is 2. The highest BCUT2D eigenvalue weighted by atomic mass is 32.2. The number of benzene rings is 1. The van der Waals surface area contributed by atoms with Crippen molar-refractivity contribution in [3.05, 3.63) is 29.6 Å². The van der Waals surface area contributed by atoms with Gasteiger partial charge in [-0.2, -0.15) is 0 Å². The molecular formula is C14H18FNO4S. The molecule has 2 N–H and O–H groups in total. The Labute approximate surface area is 123 Å². The van der Waals surface area contributed by atoms with Crippen LogP contribution in [0.1, 0.15) is 31.2 Å². The second kappa shape index (κ2) is 6.11. The number of rotatable bonds is 4. The fourth-order valence-corrected chi connectivity index (χ4v) is 4.17. The van der Waals surface area contributed by atoms with E-state index in [0.717, 1.165) is 6.07 Å². The van der Waals surface area contributed by atoms with E-state index < -0.39 is 27.7 Å². The van der Waals surface area contributed by atoms with Gasteiger partial charge >= 0.3 is 5.97 Å². The standard InChI is InChI=1S/C14H18FNO4S/c1-9-2-5-11(15)8-13(9)21(19,20)16-12-6-3-10(4-7-12)14(17)18/h2,5,8,10,12,16H,3-4,6-7H2,1H3,(H,17,18). The minimum absolute atomic E-state index is 0.0668. The molecule has 0 unspecified atom stereocenters. The number of carboxylic acids is 1. The summed E-state index contributed by atoms with van der Waals surface area (Å²) in [6, 6.07) is 3.34. The molecule has 1 aliphatic carbocycles.